The number of nitrogens with zero attached hydrogens (tertiary/aromatic N) is 3. The van der Waals surface area contributed by atoms with E-state index in [4.69, 9.17) is 11.6 Å². The molecule has 7 rings (SSSR count). The van der Waals surface area contributed by atoms with Crippen molar-refractivity contribution in [2.75, 3.05) is 14.7 Å². The van der Waals surface area contributed by atoms with Crippen molar-refractivity contribution in [1.29, 1.82) is 0 Å². The third-order valence-corrected chi connectivity index (χ3v) is 12.2. The molecule has 7 aromatic rings. The van der Waals surface area contributed by atoms with Gasteiger partial charge in [-0.25, -0.2) is 0 Å². The molecule has 0 aliphatic rings. The predicted octanol–water partition coefficient (Wildman–Crippen LogP) is 18.1. The van der Waals surface area contributed by atoms with E-state index in [2.05, 4.69) is 212 Å². The van der Waals surface area contributed by atoms with Crippen molar-refractivity contribution in [2.24, 2.45) is 0 Å². The number of para-hydroxylation sites is 2. The van der Waals surface area contributed by atoms with Gasteiger partial charge in [0, 0.05) is 34.1 Å². The van der Waals surface area contributed by atoms with Gasteiger partial charge >= 0.3 is 0 Å². The van der Waals surface area contributed by atoms with E-state index in [0.717, 1.165) is 76.9 Å². The van der Waals surface area contributed by atoms with Crippen LogP contribution in [0.3, 0.4) is 0 Å². The molecule has 0 fully saturated rings. The van der Waals surface area contributed by atoms with Gasteiger partial charge in [0.2, 0.25) is 0 Å². The minimum Gasteiger partial charge on any atom is -0.310 e. The van der Waals surface area contributed by atoms with E-state index in [9.17, 15) is 0 Å². The van der Waals surface area contributed by atoms with E-state index in [1.54, 1.807) is 0 Å². The summed E-state index contributed by atoms with van der Waals surface area (Å²) in [5.74, 6) is 0. The topological polar surface area (TPSA) is 9.72 Å². The summed E-state index contributed by atoms with van der Waals surface area (Å²) >= 11 is 8.06. The highest BCUT2D eigenvalue weighted by Gasteiger charge is 2.26. The number of halogens is 1. The fourth-order valence-corrected chi connectivity index (χ4v) is 8.54. The van der Waals surface area contributed by atoms with Crippen molar-refractivity contribution < 1.29 is 0 Å². The molecule has 0 spiro atoms. The van der Waals surface area contributed by atoms with Gasteiger partial charge in [0.05, 0.1) is 22.1 Å². The Labute approximate surface area is 377 Å². The lowest BCUT2D eigenvalue weighted by Gasteiger charge is -2.34. The van der Waals surface area contributed by atoms with Crippen molar-refractivity contribution in [1.82, 2.24) is 0 Å². The average molecular weight is 839 g/mol. The molecule has 0 unspecified atom stereocenters. The molecule has 0 amide bonds. The summed E-state index contributed by atoms with van der Waals surface area (Å²) in [6.07, 6.45) is 13.6. The number of benzene rings is 7. The summed E-state index contributed by atoms with van der Waals surface area (Å²) in [6, 6.07) is 62.4. The number of hydrogen-bond acceptors (Lipinski definition) is 3. The molecule has 0 aliphatic carbocycles. The molecule has 62 heavy (non-hydrogen) atoms. The van der Waals surface area contributed by atoms with Crippen LogP contribution in [0.25, 0.3) is 0 Å². The Morgan fingerprint density at radius 2 is 0.565 bits per heavy atom. The van der Waals surface area contributed by atoms with Gasteiger partial charge in [-0.2, -0.15) is 0 Å². The van der Waals surface area contributed by atoms with Crippen LogP contribution in [0.4, 0.5) is 51.2 Å². The summed E-state index contributed by atoms with van der Waals surface area (Å²) in [4.78, 5) is 7.07. The first kappa shape index (κ1) is 44.3. The number of aryl methyl sites for hydroxylation is 4. The number of anilines is 9. The molecule has 4 heteroatoms. The second kappa shape index (κ2) is 22.4. The molecular weight excluding hydrogens is 774 g/mol. The average Bonchev–Trinajstić information content (AvgIpc) is 3.32. The highest BCUT2D eigenvalue weighted by molar-refractivity contribution is 6.37. The molecular formula is C58H64ClN3. The zero-order chi connectivity index (χ0) is 43.1. The Kier molecular flexibility index (Phi) is 16.0. The third kappa shape index (κ3) is 11.0. The number of rotatable bonds is 21. The van der Waals surface area contributed by atoms with E-state index < -0.39 is 0 Å². The second-order valence-corrected chi connectivity index (χ2v) is 16.9. The van der Waals surface area contributed by atoms with E-state index in [1.807, 2.05) is 0 Å². The largest absolute Gasteiger partial charge is 0.310 e. The SMILES string of the molecule is CCCCc1ccc(N(c2ccc(CCCC)cc2)c2cc(N(c3ccccc3)c3ccccc3)cc(N(c3ccc(CCCC)cc3)c3ccc(CCCC)cc3)c2Cl)cc1. The first-order valence-corrected chi connectivity index (χ1v) is 23.6. The molecule has 7 aromatic carbocycles. The van der Waals surface area contributed by atoms with Gasteiger partial charge in [-0.3, -0.25) is 0 Å². The number of hydrogen-bond donors (Lipinski definition) is 0. The Balaban J connectivity index is 1.50. The van der Waals surface area contributed by atoms with E-state index in [0.29, 0.717) is 5.02 Å². The van der Waals surface area contributed by atoms with Gasteiger partial charge in [-0.1, -0.05) is 150 Å². The molecule has 0 saturated heterocycles. The molecule has 3 nitrogen and oxygen atoms in total. The van der Waals surface area contributed by atoms with Crippen LogP contribution in [0.2, 0.25) is 5.02 Å². The summed E-state index contributed by atoms with van der Waals surface area (Å²) in [5, 5.41) is 0.671. The fraction of sp³-hybridized carbons (Fsp3) is 0.276. The molecule has 0 saturated carbocycles. The smallest absolute Gasteiger partial charge is 0.0888 e. The van der Waals surface area contributed by atoms with Crippen molar-refractivity contribution >= 4 is 62.8 Å². The Bertz CT molecular complexity index is 2120. The molecule has 318 valence electrons. The predicted molar refractivity (Wildman–Crippen MR) is 270 cm³/mol. The minimum atomic E-state index is 0.671. The maximum Gasteiger partial charge on any atom is 0.0888 e. The fourth-order valence-electron chi connectivity index (χ4n) is 8.26. The Morgan fingerprint density at radius 1 is 0.306 bits per heavy atom. The lowest BCUT2D eigenvalue weighted by atomic mass is 10.0. The van der Waals surface area contributed by atoms with Crippen molar-refractivity contribution in [3.63, 3.8) is 0 Å². The maximum absolute atomic E-state index is 8.06. The van der Waals surface area contributed by atoms with Gasteiger partial charge in [-0.15, -0.1) is 0 Å². The summed E-state index contributed by atoms with van der Waals surface area (Å²) in [6.45, 7) is 9.02. The van der Waals surface area contributed by atoms with Gasteiger partial charge in [-0.05, 0) is 159 Å². The lowest BCUT2D eigenvalue weighted by Crippen LogP contribution is -2.17. The molecule has 0 aliphatic heterocycles. The Hall–Kier alpha value is -5.77. The highest BCUT2D eigenvalue weighted by atomic mass is 35.5. The minimum absolute atomic E-state index is 0.671. The van der Waals surface area contributed by atoms with Crippen LogP contribution in [0.15, 0.2) is 170 Å². The van der Waals surface area contributed by atoms with Crippen molar-refractivity contribution in [3.8, 4) is 0 Å². The van der Waals surface area contributed by atoms with Gasteiger partial charge in [0.25, 0.3) is 0 Å². The van der Waals surface area contributed by atoms with Crippen LogP contribution in [-0.4, -0.2) is 0 Å². The van der Waals surface area contributed by atoms with Crippen LogP contribution in [0.5, 0.6) is 0 Å². The summed E-state index contributed by atoms with van der Waals surface area (Å²) < 4.78 is 0. The molecule has 0 bridgehead atoms. The maximum atomic E-state index is 8.06. The normalized spacial score (nSPS) is 11.1. The molecule has 0 N–H and O–H groups in total. The summed E-state index contributed by atoms with van der Waals surface area (Å²) in [5.41, 5.74) is 14.6. The van der Waals surface area contributed by atoms with Crippen LogP contribution in [-0.2, 0) is 25.7 Å². The monoisotopic (exact) mass is 837 g/mol. The first-order valence-electron chi connectivity index (χ1n) is 23.2. The lowest BCUT2D eigenvalue weighted by molar-refractivity contribution is 0.795. The number of unbranched alkanes of at least 4 members (excludes halogenated alkanes) is 4. The third-order valence-electron chi connectivity index (χ3n) is 11.8. The van der Waals surface area contributed by atoms with Crippen molar-refractivity contribution in [3.05, 3.63) is 197 Å². The molecule has 0 aromatic heterocycles. The van der Waals surface area contributed by atoms with E-state index >= 15 is 0 Å². The van der Waals surface area contributed by atoms with Crippen LogP contribution >= 0.6 is 11.6 Å². The van der Waals surface area contributed by atoms with Crippen LogP contribution in [0, 0.1) is 0 Å². The quantitative estimate of drug-likeness (QED) is 0.0714. The standard InChI is InChI=1S/C58H64ClN3/c1-5-9-19-45-27-35-51(36-28-45)61(52-37-29-46(30-38-52)20-10-6-2)56-43-55(60(49-23-15-13-16-24-49)50-25-17-14-18-26-50)44-57(58(56)59)62(53-39-31-47(32-40-53)21-11-7-3)54-41-33-48(34-42-54)22-12-8-4/h13-18,23-44H,5-12,19-22H2,1-4H3. The first-order chi connectivity index (χ1) is 30.5. The van der Waals surface area contributed by atoms with Crippen molar-refractivity contribution in [2.45, 2.75) is 105 Å². The molecule has 0 atom stereocenters. The van der Waals surface area contributed by atoms with Gasteiger partial charge in [0.1, 0.15) is 0 Å². The highest BCUT2D eigenvalue weighted by Crippen LogP contribution is 2.51. The second-order valence-electron chi connectivity index (χ2n) is 16.6. The Morgan fingerprint density at radius 3 is 0.823 bits per heavy atom. The zero-order valence-corrected chi connectivity index (χ0v) is 38.1. The van der Waals surface area contributed by atoms with E-state index in [-0.39, 0.29) is 0 Å². The molecule has 0 radical (unpaired) electrons. The van der Waals surface area contributed by atoms with Crippen LogP contribution in [0.1, 0.15) is 101 Å². The van der Waals surface area contributed by atoms with E-state index in [1.165, 1.54) is 73.6 Å². The zero-order valence-electron chi connectivity index (χ0n) is 37.4. The van der Waals surface area contributed by atoms with Gasteiger partial charge < -0.3 is 14.7 Å². The van der Waals surface area contributed by atoms with Gasteiger partial charge in [0.15, 0.2) is 0 Å². The van der Waals surface area contributed by atoms with Crippen LogP contribution < -0.4 is 14.7 Å². The summed E-state index contributed by atoms with van der Waals surface area (Å²) in [7, 11) is 0. The molecule has 0 heterocycles.